The van der Waals surface area contributed by atoms with Crippen molar-refractivity contribution in [2.24, 2.45) is 5.73 Å². The normalized spacial score (nSPS) is 30.9. The molecule has 0 aliphatic carbocycles. The fourth-order valence-corrected chi connectivity index (χ4v) is 2.87. The molecule has 0 aromatic rings. The van der Waals surface area contributed by atoms with Crippen LogP contribution in [-0.4, -0.2) is 67.3 Å². The molecule has 4 nitrogen and oxygen atoms in total. The number of ether oxygens (including phenoxy) is 1. The van der Waals surface area contributed by atoms with Gasteiger partial charge in [-0.15, -0.1) is 0 Å². The van der Waals surface area contributed by atoms with Gasteiger partial charge in [0.25, 0.3) is 0 Å². The van der Waals surface area contributed by atoms with Crippen molar-refractivity contribution in [3.05, 3.63) is 0 Å². The molecule has 2 rings (SSSR count). The molecule has 0 radical (unpaired) electrons. The molecule has 4 heteroatoms. The lowest BCUT2D eigenvalue weighted by molar-refractivity contribution is -0.0334. The molecule has 1 atom stereocenters. The maximum absolute atomic E-state index is 6.05. The van der Waals surface area contributed by atoms with Gasteiger partial charge in [-0.2, -0.15) is 0 Å². The molecule has 0 bridgehead atoms. The minimum absolute atomic E-state index is 0.103. The highest BCUT2D eigenvalue weighted by atomic mass is 16.5. The van der Waals surface area contributed by atoms with Crippen LogP contribution >= 0.6 is 0 Å². The summed E-state index contributed by atoms with van der Waals surface area (Å²) in [6.45, 7) is 12.0. The second kappa shape index (κ2) is 5.65. The molecule has 2 heterocycles. The lowest BCUT2D eigenvalue weighted by Crippen LogP contribution is -2.49. The summed E-state index contributed by atoms with van der Waals surface area (Å²) < 4.78 is 6.05. The van der Waals surface area contributed by atoms with Gasteiger partial charge in [-0.3, -0.25) is 9.80 Å². The minimum Gasteiger partial charge on any atom is -0.371 e. The highest BCUT2D eigenvalue weighted by molar-refractivity contribution is 4.84. The predicted molar refractivity (Wildman–Crippen MR) is 70.1 cm³/mol. The third-order valence-electron chi connectivity index (χ3n) is 3.93. The van der Waals surface area contributed by atoms with Gasteiger partial charge in [0, 0.05) is 45.8 Å². The second-order valence-electron chi connectivity index (χ2n) is 5.97. The van der Waals surface area contributed by atoms with E-state index in [1.807, 2.05) is 0 Å². The Bertz CT molecular complexity index is 237. The number of nitrogens with zero attached hydrogens (tertiary/aromatic N) is 2. The summed E-state index contributed by atoms with van der Waals surface area (Å²) in [6.07, 6.45) is 2.87. The van der Waals surface area contributed by atoms with Gasteiger partial charge in [0.2, 0.25) is 0 Å². The fourth-order valence-electron chi connectivity index (χ4n) is 2.87. The summed E-state index contributed by atoms with van der Waals surface area (Å²) >= 11 is 0. The van der Waals surface area contributed by atoms with Crippen LogP contribution in [0.3, 0.4) is 0 Å². The zero-order valence-corrected chi connectivity index (χ0v) is 11.3. The summed E-state index contributed by atoms with van der Waals surface area (Å²) in [5.74, 6) is 0. The number of piperazine rings is 1. The summed E-state index contributed by atoms with van der Waals surface area (Å²) in [6, 6.07) is 0. The van der Waals surface area contributed by atoms with Crippen LogP contribution in [0, 0.1) is 0 Å². The van der Waals surface area contributed by atoms with Crippen LogP contribution in [0.15, 0.2) is 0 Å². The summed E-state index contributed by atoms with van der Waals surface area (Å²) in [4.78, 5) is 5.00. The molecule has 1 unspecified atom stereocenters. The Morgan fingerprint density at radius 3 is 2.35 bits per heavy atom. The van der Waals surface area contributed by atoms with Crippen LogP contribution in [0.1, 0.15) is 26.7 Å². The first-order chi connectivity index (χ1) is 8.09. The third kappa shape index (κ3) is 3.91. The minimum atomic E-state index is 0.103. The van der Waals surface area contributed by atoms with Gasteiger partial charge in [0.15, 0.2) is 0 Å². The van der Waals surface area contributed by atoms with E-state index in [0.717, 1.165) is 32.7 Å². The quantitative estimate of drug-likeness (QED) is 0.779. The average molecular weight is 241 g/mol. The van der Waals surface area contributed by atoms with Crippen LogP contribution in [0.5, 0.6) is 0 Å². The van der Waals surface area contributed by atoms with Crippen LogP contribution in [0.4, 0.5) is 0 Å². The fraction of sp³-hybridized carbons (Fsp3) is 1.00. The van der Waals surface area contributed by atoms with Crippen molar-refractivity contribution in [2.45, 2.75) is 38.4 Å². The first kappa shape index (κ1) is 13.3. The molecular formula is C13H27N3O. The topological polar surface area (TPSA) is 41.7 Å². The van der Waals surface area contributed by atoms with Gasteiger partial charge < -0.3 is 10.5 Å². The molecule has 2 fully saturated rings. The Morgan fingerprint density at radius 2 is 1.82 bits per heavy atom. The largest absolute Gasteiger partial charge is 0.371 e. The van der Waals surface area contributed by atoms with Crippen LogP contribution in [-0.2, 0) is 4.74 Å². The van der Waals surface area contributed by atoms with Crippen LogP contribution < -0.4 is 5.73 Å². The summed E-state index contributed by atoms with van der Waals surface area (Å²) in [7, 11) is 0. The number of nitrogens with two attached hydrogens (primary N) is 1. The molecule has 0 aromatic heterocycles. The highest BCUT2D eigenvalue weighted by Crippen LogP contribution is 2.29. The predicted octanol–water partition coefficient (Wildman–Crippen LogP) is 0.520. The van der Waals surface area contributed by atoms with Crippen molar-refractivity contribution in [1.82, 2.24) is 9.80 Å². The van der Waals surface area contributed by atoms with Gasteiger partial charge in [-0.25, -0.2) is 0 Å². The molecule has 2 saturated heterocycles. The maximum Gasteiger partial charge on any atom is 0.0710 e. The third-order valence-corrected chi connectivity index (χ3v) is 3.93. The van der Waals surface area contributed by atoms with Crippen LogP contribution in [0.2, 0.25) is 0 Å². The van der Waals surface area contributed by atoms with E-state index < -0.39 is 0 Å². The van der Waals surface area contributed by atoms with Gasteiger partial charge in [-0.1, -0.05) is 0 Å². The molecule has 100 valence electrons. The van der Waals surface area contributed by atoms with Crippen molar-refractivity contribution in [2.75, 3.05) is 45.8 Å². The smallest absolute Gasteiger partial charge is 0.0710 e. The van der Waals surface area contributed by atoms with E-state index in [-0.39, 0.29) is 5.60 Å². The van der Waals surface area contributed by atoms with Crippen LogP contribution in [0.25, 0.3) is 0 Å². The SMILES string of the molecule is CC1(C)CCC(CN2CCN(CCN)CC2)O1. The average Bonchev–Trinajstić information content (AvgIpc) is 2.61. The van der Waals surface area contributed by atoms with Gasteiger partial charge in [0.1, 0.15) is 0 Å². The molecule has 2 aliphatic rings. The molecular weight excluding hydrogens is 214 g/mol. The highest BCUT2D eigenvalue weighted by Gasteiger charge is 2.32. The van der Waals surface area contributed by atoms with E-state index in [2.05, 4.69) is 23.6 Å². The summed E-state index contributed by atoms with van der Waals surface area (Å²) in [5, 5.41) is 0. The van der Waals surface area contributed by atoms with Crippen molar-refractivity contribution >= 4 is 0 Å². The van der Waals surface area contributed by atoms with Crippen molar-refractivity contribution in [3.8, 4) is 0 Å². The first-order valence-corrected chi connectivity index (χ1v) is 6.92. The number of hydrogen-bond acceptors (Lipinski definition) is 4. The monoisotopic (exact) mass is 241 g/mol. The van der Waals surface area contributed by atoms with Crippen molar-refractivity contribution in [1.29, 1.82) is 0 Å². The molecule has 0 spiro atoms. The van der Waals surface area contributed by atoms with E-state index in [1.165, 1.54) is 25.9 Å². The van der Waals surface area contributed by atoms with E-state index in [1.54, 1.807) is 0 Å². The molecule has 0 aromatic carbocycles. The number of hydrogen-bond donors (Lipinski definition) is 1. The molecule has 17 heavy (non-hydrogen) atoms. The Balaban J connectivity index is 1.68. The lowest BCUT2D eigenvalue weighted by Gasteiger charge is -2.35. The van der Waals surface area contributed by atoms with E-state index in [0.29, 0.717) is 6.10 Å². The Kier molecular flexibility index (Phi) is 4.42. The van der Waals surface area contributed by atoms with E-state index >= 15 is 0 Å². The number of rotatable bonds is 4. The summed E-state index contributed by atoms with van der Waals surface area (Å²) in [5.41, 5.74) is 5.68. The molecule has 2 N–H and O–H groups in total. The lowest BCUT2D eigenvalue weighted by atomic mass is 10.1. The van der Waals surface area contributed by atoms with Crippen molar-refractivity contribution < 1.29 is 4.74 Å². The van der Waals surface area contributed by atoms with Gasteiger partial charge in [-0.05, 0) is 26.7 Å². The first-order valence-electron chi connectivity index (χ1n) is 6.92. The second-order valence-corrected chi connectivity index (χ2v) is 5.97. The molecule has 0 saturated carbocycles. The zero-order valence-electron chi connectivity index (χ0n) is 11.3. The Labute approximate surface area is 105 Å². The Hall–Kier alpha value is -0.160. The Morgan fingerprint density at radius 1 is 1.18 bits per heavy atom. The molecule has 2 aliphatic heterocycles. The standard InChI is InChI=1S/C13H27N3O/c1-13(2)4-3-12(17-13)11-16-9-7-15(6-5-14)8-10-16/h12H,3-11,14H2,1-2H3. The van der Waals surface area contributed by atoms with E-state index in [4.69, 9.17) is 10.5 Å². The zero-order chi connectivity index (χ0) is 12.3. The molecule has 0 amide bonds. The van der Waals surface area contributed by atoms with E-state index in [9.17, 15) is 0 Å². The maximum atomic E-state index is 6.05. The van der Waals surface area contributed by atoms with Crippen molar-refractivity contribution in [3.63, 3.8) is 0 Å². The van der Waals surface area contributed by atoms with Gasteiger partial charge >= 0.3 is 0 Å². The van der Waals surface area contributed by atoms with Gasteiger partial charge in [0.05, 0.1) is 11.7 Å².